The van der Waals surface area contributed by atoms with E-state index in [2.05, 4.69) is 22.3 Å². The molecule has 0 saturated carbocycles. The number of amides is 2. The number of nitrogens with zero attached hydrogens (tertiary/aromatic N) is 2. The van der Waals surface area contributed by atoms with Crippen LogP contribution < -0.4 is 10.9 Å². The van der Waals surface area contributed by atoms with Crippen LogP contribution in [0.3, 0.4) is 0 Å². The summed E-state index contributed by atoms with van der Waals surface area (Å²) in [5.41, 5.74) is 0.156. The second-order valence-corrected chi connectivity index (χ2v) is 5.76. The van der Waals surface area contributed by atoms with Gasteiger partial charge in [-0.05, 0) is 18.9 Å². The highest BCUT2D eigenvalue weighted by Gasteiger charge is 2.30. The van der Waals surface area contributed by atoms with Crippen molar-refractivity contribution in [2.75, 3.05) is 6.61 Å². The van der Waals surface area contributed by atoms with Crippen molar-refractivity contribution in [3.8, 4) is 11.8 Å². The lowest BCUT2D eigenvalue weighted by molar-refractivity contribution is -0.136. The number of aliphatic hydroxyl groups excluding tert-OH is 1. The van der Waals surface area contributed by atoms with Crippen molar-refractivity contribution in [3.05, 3.63) is 40.3 Å². The number of carbonyl (C=O) groups is 2. The summed E-state index contributed by atoms with van der Waals surface area (Å²) in [6, 6.07) is 4.49. The molecule has 1 atom stereocenters. The molecule has 1 aromatic heterocycles. The standard InChI is InChI=1S/C18H17N3O4/c22-10-3-1-2-5-12-6-4-7-13-11-19-21(18(25)16(12)13)14-8-9-15(23)20-17(14)24/h4,6-7,11,14,22H,1,3,8-10H2,(H,20,23,24). The van der Waals surface area contributed by atoms with Crippen LogP contribution in [0.1, 0.15) is 37.3 Å². The van der Waals surface area contributed by atoms with Crippen molar-refractivity contribution >= 4 is 22.6 Å². The molecular formula is C18H17N3O4. The largest absolute Gasteiger partial charge is 0.396 e. The lowest BCUT2D eigenvalue weighted by Crippen LogP contribution is -2.45. The molecule has 2 N–H and O–H groups in total. The summed E-state index contributed by atoms with van der Waals surface area (Å²) in [4.78, 5) is 36.2. The van der Waals surface area contributed by atoms with Crippen LogP contribution in [-0.4, -0.2) is 33.3 Å². The van der Waals surface area contributed by atoms with Crippen molar-refractivity contribution in [1.29, 1.82) is 0 Å². The Labute approximate surface area is 143 Å². The number of piperidine rings is 1. The Kier molecular flexibility index (Phi) is 4.91. The average Bonchev–Trinajstić information content (AvgIpc) is 2.60. The molecule has 128 valence electrons. The topological polar surface area (TPSA) is 101 Å². The van der Waals surface area contributed by atoms with Crippen molar-refractivity contribution in [1.82, 2.24) is 15.1 Å². The van der Waals surface area contributed by atoms with Gasteiger partial charge in [0.05, 0.1) is 11.6 Å². The van der Waals surface area contributed by atoms with Crippen molar-refractivity contribution in [3.63, 3.8) is 0 Å². The van der Waals surface area contributed by atoms with E-state index in [9.17, 15) is 14.4 Å². The second-order valence-electron chi connectivity index (χ2n) is 5.76. The van der Waals surface area contributed by atoms with Gasteiger partial charge >= 0.3 is 0 Å². The number of imide groups is 1. The van der Waals surface area contributed by atoms with E-state index in [1.165, 1.54) is 6.20 Å². The lowest BCUT2D eigenvalue weighted by Gasteiger charge is -2.21. The van der Waals surface area contributed by atoms with Crippen LogP contribution in [0.15, 0.2) is 29.2 Å². The molecule has 2 heterocycles. The monoisotopic (exact) mass is 339 g/mol. The number of hydrogen-bond donors (Lipinski definition) is 2. The third-order valence-electron chi connectivity index (χ3n) is 4.03. The zero-order valence-electron chi connectivity index (χ0n) is 13.5. The van der Waals surface area contributed by atoms with Crippen LogP contribution in [0, 0.1) is 11.8 Å². The number of unbranched alkanes of at least 4 members (excludes halogenated alkanes) is 1. The Morgan fingerprint density at radius 1 is 1.32 bits per heavy atom. The van der Waals surface area contributed by atoms with Gasteiger partial charge in [0.2, 0.25) is 5.91 Å². The van der Waals surface area contributed by atoms with Gasteiger partial charge in [0.1, 0.15) is 6.04 Å². The summed E-state index contributed by atoms with van der Waals surface area (Å²) in [5, 5.41) is 16.2. The van der Waals surface area contributed by atoms with Crippen molar-refractivity contribution in [2.24, 2.45) is 0 Å². The summed E-state index contributed by atoms with van der Waals surface area (Å²) in [6.07, 6.45) is 3.04. The minimum atomic E-state index is -0.801. The fourth-order valence-electron chi connectivity index (χ4n) is 2.77. The molecule has 25 heavy (non-hydrogen) atoms. The van der Waals surface area contributed by atoms with Crippen LogP contribution >= 0.6 is 0 Å². The minimum Gasteiger partial charge on any atom is -0.396 e. The first-order chi connectivity index (χ1) is 12.1. The molecule has 2 amide bonds. The predicted octanol–water partition coefficient (Wildman–Crippen LogP) is 0.498. The van der Waals surface area contributed by atoms with Gasteiger partial charge in [0, 0.05) is 30.4 Å². The number of fused-ring (bicyclic) bond motifs is 1. The number of carbonyl (C=O) groups excluding carboxylic acids is 2. The van der Waals surface area contributed by atoms with Gasteiger partial charge in [0.25, 0.3) is 11.5 Å². The molecule has 2 aromatic rings. The maximum atomic E-state index is 12.9. The van der Waals surface area contributed by atoms with Gasteiger partial charge in [-0.25, -0.2) is 4.68 Å². The first-order valence-corrected chi connectivity index (χ1v) is 8.06. The van der Waals surface area contributed by atoms with E-state index >= 15 is 0 Å². The molecule has 7 heteroatoms. The predicted molar refractivity (Wildman–Crippen MR) is 90.6 cm³/mol. The van der Waals surface area contributed by atoms with Gasteiger partial charge in [-0.3, -0.25) is 19.7 Å². The number of rotatable bonds is 3. The molecule has 1 unspecified atom stereocenters. The molecule has 1 fully saturated rings. The van der Waals surface area contributed by atoms with Crippen LogP contribution in [0.5, 0.6) is 0 Å². The Balaban J connectivity index is 2.06. The maximum Gasteiger partial charge on any atom is 0.276 e. The highest BCUT2D eigenvalue weighted by molar-refractivity contribution is 5.99. The maximum absolute atomic E-state index is 12.9. The molecule has 1 saturated heterocycles. The van der Waals surface area contributed by atoms with Crippen LogP contribution in [0.4, 0.5) is 0 Å². The molecule has 0 spiro atoms. The molecule has 0 radical (unpaired) electrons. The van der Waals surface area contributed by atoms with Crippen molar-refractivity contribution < 1.29 is 14.7 Å². The zero-order chi connectivity index (χ0) is 17.8. The van der Waals surface area contributed by atoms with Gasteiger partial charge in [-0.15, -0.1) is 0 Å². The molecule has 0 aliphatic carbocycles. The highest BCUT2D eigenvalue weighted by atomic mass is 16.3. The van der Waals surface area contributed by atoms with Crippen molar-refractivity contribution in [2.45, 2.75) is 31.7 Å². The number of aromatic nitrogens is 2. The zero-order valence-corrected chi connectivity index (χ0v) is 13.5. The van der Waals surface area contributed by atoms with E-state index in [1.54, 1.807) is 18.2 Å². The third kappa shape index (κ3) is 3.44. The van der Waals surface area contributed by atoms with Gasteiger partial charge < -0.3 is 5.11 Å². The van der Waals surface area contributed by atoms with Gasteiger partial charge in [-0.2, -0.15) is 5.10 Å². The highest BCUT2D eigenvalue weighted by Crippen LogP contribution is 2.18. The van der Waals surface area contributed by atoms with Crippen LogP contribution in [0.2, 0.25) is 0 Å². The van der Waals surface area contributed by atoms with Crippen LogP contribution in [0.25, 0.3) is 10.8 Å². The van der Waals surface area contributed by atoms with E-state index in [1.807, 2.05) is 0 Å². The van der Waals surface area contributed by atoms with E-state index < -0.39 is 17.5 Å². The summed E-state index contributed by atoms with van der Waals surface area (Å²) < 4.78 is 1.13. The first kappa shape index (κ1) is 16.9. The summed E-state index contributed by atoms with van der Waals surface area (Å²) >= 11 is 0. The van der Waals surface area contributed by atoms with E-state index in [0.717, 1.165) is 4.68 Å². The molecule has 1 aromatic carbocycles. The average molecular weight is 339 g/mol. The second kappa shape index (κ2) is 7.28. The van der Waals surface area contributed by atoms with E-state index in [4.69, 9.17) is 5.11 Å². The summed E-state index contributed by atoms with van der Waals surface area (Å²) in [7, 11) is 0. The van der Waals surface area contributed by atoms with E-state index in [0.29, 0.717) is 29.2 Å². The fraction of sp³-hybridized carbons (Fsp3) is 0.333. The summed E-state index contributed by atoms with van der Waals surface area (Å²) in [6.45, 7) is 0.0659. The Morgan fingerprint density at radius 3 is 2.92 bits per heavy atom. The molecule has 1 aliphatic heterocycles. The Hall–Kier alpha value is -2.98. The number of hydrogen-bond acceptors (Lipinski definition) is 5. The Bertz CT molecular complexity index is 952. The lowest BCUT2D eigenvalue weighted by atomic mass is 10.0. The van der Waals surface area contributed by atoms with Gasteiger partial charge in [-0.1, -0.05) is 24.0 Å². The van der Waals surface area contributed by atoms with Gasteiger partial charge in [0.15, 0.2) is 0 Å². The minimum absolute atomic E-state index is 0.0659. The smallest absolute Gasteiger partial charge is 0.276 e. The fourth-order valence-corrected chi connectivity index (χ4v) is 2.77. The number of benzene rings is 1. The van der Waals surface area contributed by atoms with E-state index in [-0.39, 0.29) is 25.4 Å². The third-order valence-corrected chi connectivity index (χ3v) is 4.03. The van der Waals surface area contributed by atoms with Crippen LogP contribution in [-0.2, 0) is 9.59 Å². The SMILES string of the molecule is O=C1CCC(n2ncc3cccc(C#CCCCO)c3c2=O)C(=O)N1. The molecule has 3 rings (SSSR count). The first-order valence-electron chi connectivity index (χ1n) is 8.06. The quantitative estimate of drug-likeness (QED) is 0.482. The molecule has 0 bridgehead atoms. The number of nitrogens with one attached hydrogen (secondary N) is 1. The molecule has 7 nitrogen and oxygen atoms in total. The molecular weight excluding hydrogens is 322 g/mol. The number of aliphatic hydroxyl groups is 1. The summed E-state index contributed by atoms with van der Waals surface area (Å²) in [5.74, 6) is 5.03. The normalized spacial score (nSPS) is 17.1. The molecule has 1 aliphatic rings. The Morgan fingerprint density at radius 2 is 2.16 bits per heavy atom.